The van der Waals surface area contributed by atoms with Gasteiger partial charge in [0, 0.05) is 6.20 Å². The van der Waals surface area contributed by atoms with E-state index < -0.39 is 28.8 Å². The number of nitrogens with zero attached hydrogens (tertiary/aromatic N) is 1. The molecule has 6 heteroatoms. The second-order valence-corrected chi connectivity index (χ2v) is 4.52. The van der Waals surface area contributed by atoms with Gasteiger partial charge in [-0.1, -0.05) is 12.2 Å². The van der Waals surface area contributed by atoms with Gasteiger partial charge in [0.15, 0.2) is 0 Å². The highest BCUT2D eigenvalue weighted by molar-refractivity contribution is 7.77. The van der Waals surface area contributed by atoms with E-state index >= 15 is 0 Å². The van der Waals surface area contributed by atoms with Gasteiger partial charge in [-0.15, -0.1) is 0 Å². The first kappa shape index (κ1) is 11.2. The van der Waals surface area contributed by atoms with Gasteiger partial charge in [-0.3, -0.25) is 18.1 Å². The maximum absolute atomic E-state index is 11.6. The Bertz CT molecular complexity index is 415. The lowest BCUT2D eigenvalue weighted by Crippen LogP contribution is -2.40. The van der Waals surface area contributed by atoms with Crippen molar-refractivity contribution in [2.24, 2.45) is 5.92 Å². The molecule has 1 heterocycles. The molecule has 0 bridgehead atoms. The largest absolute Gasteiger partial charge is 0.290 e. The quantitative estimate of drug-likeness (QED) is 0.658. The average Bonchev–Trinajstić information content (AvgIpc) is 2.68. The van der Waals surface area contributed by atoms with Crippen LogP contribution in [0.3, 0.4) is 0 Å². The summed E-state index contributed by atoms with van der Waals surface area (Å²) < 4.78 is 18.0. The predicted octanol–water partition coefficient (Wildman–Crippen LogP) is 0.124. The third-order valence-electron chi connectivity index (χ3n) is 2.48. The molecule has 0 saturated heterocycles. The minimum atomic E-state index is -1.61. The molecule has 0 amide bonds. The van der Waals surface area contributed by atoms with Crippen LogP contribution in [0.4, 0.5) is 0 Å². The fourth-order valence-electron chi connectivity index (χ4n) is 1.74. The van der Waals surface area contributed by atoms with Gasteiger partial charge in [-0.05, 0) is 13.0 Å². The number of carbonyl (C=O) groups excluding carboxylic acids is 2. The standard InChI is InChI=1S/C10H11NO4S/c1-2-15-16(14)11-6-5-7-8(11)3-4-9(12)10(7)13/h3-8H,2H2,1H3. The van der Waals surface area contributed by atoms with Crippen LogP contribution in [0.15, 0.2) is 24.4 Å². The van der Waals surface area contributed by atoms with Gasteiger partial charge in [0.2, 0.25) is 11.6 Å². The van der Waals surface area contributed by atoms with Crippen LogP contribution >= 0.6 is 0 Å². The molecule has 0 radical (unpaired) electrons. The van der Waals surface area contributed by atoms with Crippen LogP contribution in [0.25, 0.3) is 0 Å². The molecule has 0 N–H and O–H groups in total. The molecule has 3 atom stereocenters. The van der Waals surface area contributed by atoms with Gasteiger partial charge in [0.1, 0.15) is 0 Å². The summed E-state index contributed by atoms with van der Waals surface area (Å²) in [4.78, 5) is 22.7. The fourth-order valence-corrected chi connectivity index (χ4v) is 2.63. The number of Topliss-reactive ketones (excluding diaryl/α,β-unsaturated/α-hetero) is 1. The zero-order chi connectivity index (χ0) is 11.7. The Morgan fingerprint density at radius 1 is 1.44 bits per heavy atom. The average molecular weight is 241 g/mol. The number of carbonyl (C=O) groups is 2. The summed E-state index contributed by atoms with van der Waals surface area (Å²) in [5, 5.41) is 0. The molecule has 0 fully saturated rings. The molecule has 1 aliphatic carbocycles. The van der Waals surface area contributed by atoms with Gasteiger partial charge >= 0.3 is 0 Å². The maximum Gasteiger partial charge on any atom is 0.264 e. The molecule has 2 rings (SSSR count). The van der Waals surface area contributed by atoms with Gasteiger partial charge in [0.05, 0.1) is 18.6 Å². The molecule has 0 spiro atoms. The lowest BCUT2D eigenvalue weighted by Gasteiger charge is -2.25. The maximum atomic E-state index is 11.6. The Hall–Kier alpha value is -1.27. The van der Waals surface area contributed by atoms with Crippen LogP contribution in [0.5, 0.6) is 0 Å². The summed E-state index contributed by atoms with van der Waals surface area (Å²) >= 11 is -1.61. The number of hydrogen-bond acceptors (Lipinski definition) is 4. The van der Waals surface area contributed by atoms with Crippen LogP contribution in [0.1, 0.15) is 6.92 Å². The number of ketones is 2. The van der Waals surface area contributed by atoms with E-state index in [4.69, 9.17) is 4.18 Å². The van der Waals surface area contributed by atoms with Gasteiger partial charge in [-0.2, -0.15) is 0 Å². The molecular weight excluding hydrogens is 230 g/mol. The van der Waals surface area contributed by atoms with E-state index in [9.17, 15) is 13.8 Å². The SMILES string of the molecule is CCOS(=O)N1C=CC2C(=O)C(=O)C=CC21. The number of fused-ring (bicyclic) bond motifs is 1. The van der Waals surface area contributed by atoms with E-state index in [1.54, 1.807) is 25.3 Å². The predicted molar refractivity (Wildman–Crippen MR) is 57.2 cm³/mol. The van der Waals surface area contributed by atoms with Crippen molar-refractivity contribution in [3.63, 3.8) is 0 Å². The lowest BCUT2D eigenvalue weighted by atomic mass is 9.90. The monoisotopic (exact) mass is 241 g/mol. The normalized spacial score (nSPS) is 29.7. The van der Waals surface area contributed by atoms with E-state index in [0.29, 0.717) is 6.61 Å². The van der Waals surface area contributed by atoms with Crippen LogP contribution in [0, 0.1) is 5.92 Å². The van der Waals surface area contributed by atoms with Crippen molar-refractivity contribution in [2.45, 2.75) is 13.0 Å². The first-order chi connectivity index (χ1) is 7.65. The highest BCUT2D eigenvalue weighted by Crippen LogP contribution is 2.28. The summed E-state index contributed by atoms with van der Waals surface area (Å²) in [6.07, 6.45) is 5.95. The van der Waals surface area contributed by atoms with E-state index in [0.717, 1.165) is 0 Å². The first-order valence-corrected chi connectivity index (χ1v) is 5.96. The van der Waals surface area contributed by atoms with Crippen LogP contribution in [-0.2, 0) is 25.0 Å². The third kappa shape index (κ3) is 1.74. The number of rotatable bonds is 3. The Labute approximate surface area is 95.5 Å². The summed E-state index contributed by atoms with van der Waals surface area (Å²) in [7, 11) is 0. The molecule has 2 aliphatic rings. The first-order valence-electron chi connectivity index (χ1n) is 4.93. The van der Waals surface area contributed by atoms with E-state index in [1.807, 2.05) is 0 Å². The topological polar surface area (TPSA) is 63.7 Å². The van der Waals surface area contributed by atoms with Gasteiger partial charge in [0.25, 0.3) is 11.3 Å². The summed E-state index contributed by atoms with van der Waals surface area (Å²) in [6.45, 7) is 2.06. The molecule has 3 unspecified atom stereocenters. The van der Waals surface area contributed by atoms with Crippen molar-refractivity contribution < 1.29 is 18.0 Å². The summed E-state index contributed by atoms with van der Waals surface area (Å²) in [5.41, 5.74) is 0. The lowest BCUT2D eigenvalue weighted by molar-refractivity contribution is -0.136. The second kappa shape index (κ2) is 4.31. The third-order valence-corrected chi connectivity index (χ3v) is 3.63. The van der Waals surface area contributed by atoms with E-state index in [1.165, 1.54) is 10.4 Å². The second-order valence-electron chi connectivity index (χ2n) is 3.43. The Balaban J connectivity index is 2.20. The minimum Gasteiger partial charge on any atom is -0.290 e. The molecule has 0 aromatic rings. The zero-order valence-corrected chi connectivity index (χ0v) is 9.48. The van der Waals surface area contributed by atoms with Crippen LogP contribution in [-0.4, -0.2) is 32.7 Å². The van der Waals surface area contributed by atoms with E-state index in [2.05, 4.69) is 0 Å². The van der Waals surface area contributed by atoms with Crippen LogP contribution in [0.2, 0.25) is 0 Å². The molecule has 0 aromatic carbocycles. The van der Waals surface area contributed by atoms with Crippen molar-refractivity contribution in [1.29, 1.82) is 0 Å². The Morgan fingerprint density at radius 3 is 2.88 bits per heavy atom. The zero-order valence-electron chi connectivity index (χ0n) is 8.66. The van der Waals surface area contributed by atoms with Crippen molar-refractivity contribution in [2.75, 3.05) is 6.61 Å². The molecule has 1 aliphatic heterocycles. The Kier molecular flexibility index (Phi) is 3.02. The number of hydrogen-bond donors (Lipinski definition) is 0. The number of allylic oxidation sites excluding steroid dienone is 1. The molecule has 86 valence electrons. The highest BCUT2D eigenvalue weighted by atomic mass is 32.2. The smallest absolute Gasteiger partial charge is 0.264 e. The van der Waals surface area contributed by atoms with Crippen molar-refractivity contribution in [1.82, 2.24) is 4.31 Å². The van der Waals surface area contributed by atoms with Crippen molar-refractivity contribution >= 4 is 22.8 Å². The van der Waals surface area contributed by atoms with Gasteiger partial charge in [-0.25, -0.2) is 4.21 Å². The van der Waals surface area contributed by atoms with E-state index in [-0.39, 0.29) is 6.04 Å². The van der Waals surface area contributed by atoms with Crippen LogP contribution < -0.4 is 0 Å². The molecule has 5 nitrogen and oxygen atoms in total. The fraction of sp³-hybridized carbons (Fsp3) is 0.400. The molecule has 0 aromatic heterocycles. The van der Waals surface area contributed by atoms with Crippen molar-refractivity contribution in [3.05, 3.63) is 24.4 Å². The molecule has 16 heavy (non-hydrogen) atoms. The minimum absolute atomic E-state index is 0.324. The molecular formula is C10H11NO4S. The van der Waals surface area contributed by atoms with Gasteiger partial charge < -0.3 is 0 Å². The van der Waals surface area contributed by atoms with Crippen molar-refractivity contribution in [3.8, 4) is 0 Å². The molecule has 0 saturated carbocycles. The summed E-state index contributed by atoms with van der Waals surface area (Å²) in [6, 6.07) is -0.363. The summed E-state index contributed by atoms with van der Waals surface area (Å²) in [5.74, 6) is -1.49. The highest BCUT2D eigenvalue weighted by Gasteiger charge is 2.40. The Morgan fingerprint density at radius 2 is 2.19 bits per heavy atom.